The molecule has 18 nitrogen and oxygen atoms in total. The molecule has 18 heteroatoms. The number of amides is 7. The standard InChI is InChI=1S/C28H52N10O8/c1-6-15(3)22(26(45)35-18(24(43)32-7-2)9-8-13-34-28(30)31)38-25(44)19(10-11-20(29)41)36-27(46)23(16(4)39)37-21(42)12-14-33-17(5)40/h15-16,18-19,22-23,39H,6-14H2,1-5H3,(H2,29,41)(H,32,43)(H,33,40)(H,35,45)(H,36,46)(H,37,42)(H,38,44)(H4,30,31,34)/t15-,16+,18-,19-,22-,23-/m0/s1. The number of nitrogens with zero attached hydrogens (tertiary/aromatic N) is 1. The Morgan fingerprint density at radius 1 is 0.739 bits per heavy atom. The van der Waals surface area contributed by atoms with Crippen molar-refractivity contribution in [3.8, 4) is 0 Å². The van der Waals surface area contributed by atoms with Crippen LogP contribution in [0.1, 0.15) is 73.1 Å². The molecule has 7 amide bonds. The molecule has 0 aliphatic carbocycles. The summed E-state index contributed by atoms with van der Waals surface area (Å²) in [7, 11) is 0. The second-order valence-electron chi connectivity index (χ2n) is 10.9. The number of aliphatic imine (C=N–C) groups is 1. The lowest BCUT2D eigenvalue weighted by molar-refractivity contribution is -0.136. The average molecular weight is 657 g/mol. The first-order valence-electron chi connectivity index (χ1n) is 15.3. The number of nitrogens with two attached hydrogens (primary N) is 3. The average Bonchev–Trinajstić information content (AvgIpc) is 2.96. The molecule has 0 spiro atoms. The molecule has 6 atom stereocenters. The molecule has 262 valence electrons. The maximum atomic E-state index is 13.5. The van der Waals surface area contributed by atoms with Crippen LogP contribution in [-0.2, 0) is 33.6 Å². The smallest absolute Gasteiger partial charge is 0.245 e. The second kappa shape index (κ2) is 22.1. The molecule has 46 heavy (non-hydrogen) atoms. The highest BCUT2D eigenvalue weighted by molar-refractivity contribution is 5.96. The SMILES string of the molecule is CCNC(=O)[C@H](CCCN=C(N)N)NC(=O)[C@@H](NC(=O)[C@H](CCC(N)=O)NC(=O)[C@@H](NC(=O)CCNC(C)=O)[C@@H](C)O)[C@@H](C)CC. The molecular formula is C28H52N10O8. The van der Waals surface area contributed by atoms with E-state index in [1.54, 1.807) is 20.8 Å². The first-order chi connectivity index (χ1) is 21.5. The number of carbonyl (C=O) groups excluding carboxylic acids is 7. The normalized spacial score (nSPS) is 14.6. The van der Waals surface area contributed by atoms with E-state index in [-0.39, 0.29) is 50.6 Å². The molecule has 0 unspecified atom stereocenters. The zero-order valence-corrected chi connectivity index (χ0v) is 27.3. The van der Waals surface area contributed by atoms with Gasteiger partial charge in [0.15, 0.2) is 5.96 Å². The van der Waals surface area contributed by atoms with Crippen molar-refractivity contribution < 1.29 is 38.7 Å². The summed E-state index contributed by atoms with van der Waals surface area (Å²) in [4.78, 5) is 91.5. The van der Waals surface area contributed by atoms with Crippen LogP contribution < -0.4 is 49.1 Å². The van der Waals surface area contributed by atoms with E-state index in [2.05, 4.69) is 36.9 Å². The molecule has 0 radical (unpaired) electrons. The number of aliphatic hydroxyl groups excluding tert-OH is 1. The summed E-state index contributed by atoms with van der Waals surface area (Å²) in [5.41, 5.74) is 16.0. The minimum atomic E-state index is -1.49. The van der Waals surface area contributed by atoms with Gasteiger partial charge in [0, 0.05) is 39.4 Å². The summed E-state index contributed by atoms with van der Waals surface area (Å²) in [5.74, 6) is -5.17. The first kappa shape index (κ1) is 41.5. The van der Waals surface area contributed by atoms with Crippen molar-refractivity contribution in [1.29, 1.82) is 0 Å². The van der Waals surface area contributed by atoms with Gasteiger partial charge in [-0.15, -0.1) is 0 Å². The quantitative estimate of drug-likeness (QED) is 0.0309. The monoisotopic (exact) mass is 656 g/mol. The van der Waals surface area contributed by atoms with Crippen molar-refractivity contribution in [2.45, 2.75) is 103 Å². The minimum absolute atomic E-state index is 0.00471. The lowest BCUT2D eigenvalue weighted by atomic mass is 9.96. The molecule has 0 saturated carbocycles. The molecule has 0 heterocycles. The van der Waals surface area contributed by atoms with Crippen LogP contribution >= 0.6 is 0 Å². The van der Waals surface area contributed by atoms with E-state index in [4.69, 9.17) is 17.2 Å². The van der Waals surface area contributed by atoms with Crippen LogP contribution in [0, 0.1) is 5.92 Å². The summed E-state index contributed by atoms with van der Waals surface area (Å²) in [6, 6.07) is -4.99. The Balaban J connectivity index is 5.92. The van der Waals surface area contributed by atoms with E-state index in [0.717, 1.165) is 0 Å². The van der Waals surface area contributed by atoms with Crippen LogP contribution in [0.2, 0.25) is 0 Å². The largest absolute Gasteiger partial charge is 0.391 e. The van der Waals surface area contributed by atoms with Gasteiger partial charge >= 0.3 is 0 Å². The fraction of sp³-hybridized carbons (Fsp3) is 0.714. The number of nitrogens with one attached hydrogen (secondary N) is 6. The molecule has 0 aromatic heterocycles. The highest BCUT2D eigenvalue weighted by Gasteiger charge is 2.34. The van der Waals surface area contributed by atoms with E-state index in [9.17, 15) is 38.7 Å². The third kappa shape index (κ3) is 17.1. The van der Waals surface area contributed by atoms with Crippen LogP contribution in [0.5, 0.6) is 0 Å². The van der Waals surface area contributed by atoms with Gasteiger partial charge in [0.25, 0.3) is 0 Å². The molecule has 0 aliphatic rings. The van der Waals surface area contributed by atoms with E-state index in [0.29, 0.717) is 19.4 Å². The second-order valence-corrected chi connectivity index (χ2v) is 10.9. The maximum absolute atomic E-state index is 13.5. The number of rotatable bonds is 22. The first-order valence-corrected chi connectivity index (χ1v) is 15.3. The van der Waals surface area contributed by atoms with Gasteiger partial charge in [0.1, 0.15) is 24.2 Å². The highest BCUT2D eigenvalue weighted by atomic mass is 16.3. The van der Waals surface area contributed by atoms with E-state index < -0.39 is 71.6 Å². The Bertz CT molecular complexity index is 1080. The van der Waals surface area contributed by atoms with E-state index in [1.165, 1.54) is 13.8 Å². The Morgan fingerprint density at radius 3 is 1.83 bits per heavy atom. The van der Waals surface area contributed by atoms with Crippen LogP contribution in [0.25, 0.3) is 0 Å². The zero-order valence-electron chi connectivity index (χ0n) is 27.3. The number of aliphatic hydroxyl groups is 1. The third-order valence-corrected chi connectivity index (χ3v) is 6.84. The number of likely N-dealkylation sites (N-methyl/N-ethyl adjacent to an activating group) is 1. The molecule has 0 rings (SSSR count). The number of carbonyl (C=O) groups is 7. The Morgan fingerprint density at radius 2 is 1.33 bits per heavy atom. The molecule has 0 aliphatic heterocycles. The molecule has 0 saturated heterocycles. The van der Waals surface area contributed by atoms with Gasteiger partial charge in [-0.1, -0.05) is 20.3 Å². The number of hydrogen-bond acceptors (Lipinski definition) is 9. The predicted molar refractivity (Wildman–Crippen MR) is 169 cm³/mol. The fourth-order valence-electron chi connectivity index (χ4n) is 4.11. The fourth-order valence-corrected chi connectivity index (χ4v) is 4.11. The van der Waals surface area contributed by atoms with Crippen molar-refractivity contribution in [2.24, 2.45) is 28.1 Å². The van der Waals surface area contributed by atoms with Gasteiger partial charge < -0.3 is 54.2 Å². The molecular weight excluding hydrogens is 604 g/mol. The lowest BCUT2D eigenvalue weighted by Crippen LogP contribution is -2.60. The maximum Gasteiger partial charge on any atom is 0.245 e. The number of primary amides is 1. The summed E-state index contributed by atoms with van der Waals surface area (Å²) in [6.45, 7) is 8.29. The Labute approximate surface area is 269 Å². The lowest BCUT2D eigenvalue weighted by Gasteiger charge is -2.29. The van der Waals surface area contributed by atoms with Crippen molar-refractivity contribution in [1.82, 2.24) is 31.9 Å². The topological polar surface area (TPSA) is 302 Å². The summed E-state index contributed by atoms with van der Waals surface area (Å²) >= 11 is 0. The van der Waals surface area contributed by atoms with E-state index >= 15 is 0 Å². The van der Waals surface area contributed by atoms with Crippen LogP contribution in [0.15, 0.2) is 4.99 Å². The summed E-state index contributed by atoms with van der Waals surface area (Å²) in [5, 5.41) is 25.3. The third-order valence-electron chi connectivity index (χ3n) is 6.84. The van der Waals surface area contributed by atoms with E-state index in [1.807, 2.05) is 0 Å². The van der Waals surface area contributed by atoms with Gasteiger partial charge in [0.05, 0.1) is 6.10 Å². The van der Waals surface area contributed by atoms with Gasteiger partial charge in [-0.2, -0.15) is 0 Å². The van der Waals surface area contributed by atoms with Crippen molar-refractivity contribution in [3.63, 3.8) is 0 Å². The molecule has 13 N–H and O–H groups in total. The van der Waals surface area contributed by atoms with Gasteiger partial charge in [-0.05, 0) is 39.0 Å². The van der Waals surface area contributed by atoms with Crippen LogP contribution in [-0.4, -0.2) is 102 Å². The van der Waals surface area contributed by atoms with Crippen molar-refractivity contribution in [3.05, 3.63) is 0 Å². The van der Waals surface area contributed by atoms with Gasteiger partial charge in [-0.25, -0.2) is 0 Å². The molecule has 0 aromatic carbocycles. The predicted octanol–water partition coefficient (Wildman–Crippen LogP) is -3.67. The number of hydrogen-bond donors (Lipinski definition) is 10. The molecule has 0 fully saturated rings. The highest BCUT2D eigenvalue weighted by Crippen LogP contribution is 2.11. The van der Waals surface area contributed by atoms with Gasteiger partial charge in [-0.3, -0.25) is 38.6 Å². The Hall–Kier alpha value is -4.48. The Kier molecular flexibility index (Phi) is 19.9. The minimum Gasteiger partial charge on any atom is -0.391 e. The zero-order chi connectivity index (χ0) is 35.4. The van der Waals surface area contributed by atoms with Crippen molar-refractivity contribution >= 4 is 47.3 Å². The molecule has 0 bridgehead atoms. The summed E-state index contributed by atoms with van der Waals surface area (Å²) in [6.07, 6.45) is -1.12. The van der Waals surface area contributed by atoms with Crippen molar-refractivity contribution in [2.75, 3.05) is 19.6 Å². The van der Waals surface area contributed by atoms with Gasteiger partial charge in [0.2, 0.25) is 41.4 Å². The number of guanidine groups is 1. The van der Waals surface area contributed by atoms with Crippen LogP contribution in [0.4, 0.5) is 0 Å². The van der Waals surface area contributed by atoms with Crippen LogP contribution in [0.3, 0.4) is 0 Å². The summed E-state index contributed by atoms with van der Waals surface area (Å²) < 4.78 is 0. The molecule has 0 aromatic rings.